The van der Waals surface area contributed by atoms with E-state index in [0.717, 1.165) is 0 Å². The first-order valence-electron chi connectivity index (χ1n) is 7.32. The SMILES string of the molecule is NC(=O)NC(=O)CCN1CCN(C(=O)c2ccc(Cl)cc2)CC1. The third-order valence-electron chi connectivity index (χ3n) is 3.67. The van der Waals surface area contributed by atoms with Gasteiger partial charge < -0.3 is 10.6 Å². The zero-order valence-corrected chi connectivity index (χ0v) is 13.4. The van der Waals surface area contributed by atoms with Crippen LogP contribution < -0.4 is 11.1 Å². The van der Waals surface area contributed by atoms with Gasteiger partial charge in [0, 0.05) is 49.7 Å². The van der Waals surface area contributed by atoms with Gasteiger partial charge in [0.25, 0.3) is 5.91 Å². The van der Waals surface area contributed by atoms with Crippen molar-refractivity contribution in [1.82, 2.24) is 15.1 Å². The normalized spacial score (nSPS) is 15.3. The molecular formula is C15H19ClN4O3. The minimum Gasteiger partial charge on any atom is -0.351 e. The average molecular weight is 339 g/mol. The van der Waals surface area contributed by atoms with Gasteiger partial charge in [-0.15, -0.1) is 0 Å². The highest BCUT2D eigenvalue weighted by atomic mass is 35.5. The van der Waals surface area contributed by atoms with Gasteiger partial charge in [0.2, 0.25) is 5.91 Å². The van der Waals surface area contributed by atoms with E-state index in [0.29, 0.717) is 43.3 Å². The Morgan fingerprint density at radius 2 is 1.70 bits per heavy atom. The smallest absolute Gasteiger partial charge is 0.318 e. The Kier molecular flexibility index (Phi) is 5.95. The highest BCUT2D eigenvalue weighted by Crippen LogP contribution is 2.13. The van der Waals surface area contributed by atoms with Crippen molar-refractivity contribution >= 4 is 29.4 Å². The molecule has 0 radical (unpaired) electrons. The molecule has 124 valence electrons. The third kappa shape index (κ3) is 5.22. The quantitative estimate of drug-likeness (QED) is 0.844. The standard InChI is InChI=1S/C15H19ClN4O3/c16-12-3-1-11(2-4-12)14(22)20-9-7-19(8-10-20)6-5-13(21)18-15(17)23/h1-4H,5-10H2,(H3,17,18,21,23). The Labute approximate surface area is 139 Å². The van der Waals surface area contributed by atoms with E-state index in [-0.39, 0.29) is 12.3 Å². The fourth-order valence-corrected chi connectivity index (χ4v) is 2.54. The fraction of sp³-hybridized carbons (Fsp3) is 0.400. The fourth-order valence-electron chi connectivity index (χ4n) is 2.41. The number of hydrogen-bond donors (Lipinski definition) is 2. The van der Waals surface area contributed by atoms with Crippen molar-refractivity contribution < 1.29 is 14.4 Å². The minimum absolute atomic E-state index is 0.0206. The predicted molar refractivity (Wildman–Crippen MR) is 86.1 cm³/mol. The number of primary amides is 1. The molecule has 8 heteroatoms. The average Bonchev–Trinajstić information content (AvgIpc) is 2.53. The number of imide groups is 1. The molecule has 1 saturated heterocycles. The monoisotopic (exact) mass is 338 g/mol. The van der Waals surface area contributed by atoms with Crippen molar-refractivity contribution in [3.05, 3.63) is 34.9 Å². The van der Waals surface area contributed by atoms with E-state index in [2.05, 4.69) is 4.90 Å². The predicted octanol–water partition coefficient (Wildman–Crippen LogP) is 0.683. The van der Waals surface area contributed by atoms with E-state index >= 15 is 0 Å². The summed E-state index contributed by atoms with van der Waals surface area (Å²) >= 11 is 5.82. The number of nitrogens with two attached hydrogens (primary N) is 1. The van der Waals surface area contributed by atoms with Crippen LogP contribution in [0.3, 0.4) is 0 Å². The summed E-state index contributed by atoms with van der Waals surface area (Å²) in [6.45, 7) is 3.09. The van der Waals surface area contributed by atoms with Crippen molar-refractivity contribution in [1.29, 1.82) is 0 Å². The number of amides is 4. The lowest BCUT2D eigenvalue weighted by molar-refractivity contribution is -0.120. The number of rotatable bonds is 4. The number of hydrogen-bond acceptors (Lipinski definition) is 4. The summed E-state index contributed by atoms with van der Waals surface area (Å²) in [5.74, 6) is -0.412. The van der Waals surface area contributed by atoms with E-state index in [1.54, 1.807) is 29.2 Å². The summed E-state index contributed by atoms with van der Waals surface area (Å²) in [4.78, 5) is 38.1. The molecule has 1 aromatic carbocycles. The highest BCUT2D eigenvalue weighted by Gasteiger charge is 2.22. The van der Waals surface area contributed by atoms with Gasteiger partial charge >= 0.3 is 6.03 Å². The number of urea groups is 1. The van der Waals surface area contributed by atoms with Crippen LogP contribution in [0.15, 0.2) is 24.3 Å². The van der Waals surface area contributed by atoms with Crippen LogP contribution in [0.1, 0.15) is 16.8 Å². The van der Waals surface area contributed by atoms with Gasteiger partial charge in [-0.05, 0) is 24.3 Å². The van der Waals surface area contributed by atoms with Crippen LogP contribution in [-0.4, -0.2) is 60.4 Å². The lowest BCUT2D eigenvalue weighted by atomic mass is 10.2. The minimum atomic E-state index is -0.839. The zero-order valence-electron chi connectivity index (χ0n) is 12.6. The largest absolute Gasteiger partial charge is 0.351 e. The first-order chi connectivity index (χ1) is 11.0. The molecular weight excluding hydrogens is 320 g/mol. The molecule has 0 aromatic heterocycles. The van der Waals surface area contributed by atoms with Crippen LogP contribution in [-0.2, 0) is 4.79 Å². The molecule has 0 unspecified atom stereocenters. The van der Waals surface area contributed by atoms with Crippen LogP contribution in [0.2, 0.25) is 5.02 Å². The molecule has 1 heterocycles. The number of carbonyl (C=O) groups excluding carboxylic acids is 3. The van der Waals surface area contributed by atoms with Crippen molar-refractivity contribution in [2.24, 2.45) is 5.73 Å². The Hall–Kier alpha value is -2.12. The Bertz CT molecular complexity index is 583. The van der Waals surface area contributed by atoms with E-state index in [1.165, 1.54) is 0 Å². The lowest BCUT2D eigenvalue weighted by Gasteiger charge is -2.34. The highest BCUT2D eigenvalue weighted by molar-refractivity contribution is 6.30. The maximum atomic E-state index is 12.4. The number of piperazine rings is 1. The third-order valence-corrected chi connectivity index (χ3v) is 3.92. The van der Waals surface area contributed by atoms with Gasteiger partial charge in [-0.25, -0.2) is 4.79 Å². The van der Waals surface area contributed by atoms with Gasteiger partial charge in [0.05, 0.1) is 0 Å². The first-order valence-corrected chi connectivity index (χ1v) is 7.70. The Morgan fingerprint density at radius 3 is 2.26 bits per heavy atom. The summed E-state index contributed by atoms with van der Waals surface area (Å²) in [6.07, 6.45) is 0.202. The number of benzene rings is 1. The number of carbonyl (C=O) groups is 3. The molecule has 0 aliphatic carbocycles. The van der Waals surface area contributed by atoms with Crippen LogP contribution in [0.5, 0.6) is 0 Å². The van der Waals surface area contributed by atoms with Crippen LogP contribution in [0, 0.1) is 0 Å². The van der Waals surface area contributed by atoms with E-state index in [9.17, 15) is 14.4 Å². The van der Waals surface area contributed by atoms with Crippen molar-refractivity contribution in [2.75, 3.05) is 32.7 Å². The summed E-state index contributed by atoms with van der Waals surface area (Å²) in [5, 5.41) is 2.63. The second-order valence-corrected chi connectivity index (χ2v) is 5.74. The molecule has 0 atom stereocenters. The topological polar surface area (TPSA) is 95.7 Å². The van der Waals surface area contributed by atoms with Crippen LogP contribution >= 0.6 is 11.6 Å². The molecule has 2 rings (SSSR count). The second kappa shape index (κ2) is 7.94. The summed E-state index contributed by atoms with van der Waals surface area (Å²) in [5.41, 5.74) is 5.50. The molecule has 0 saturated carbocycles. The van der Waals surface area contributed by atoms with Gasteiger partial charge in [0.1, 0.15) is 0 Å². The van der Waals surface area contributed by atoms with Gasteiger partial charge in [0.15, 0.2) is 0 Å². The van der Waals surface area contributed by atoms with E-state index in [1.807, 2.05) is 5.32 Å². The van der Waals surface area contributed by atoms with Crippen LogP contribution in [0.25, 0.3) is 0 Å². The molecule has 4 amide bonds. The lowest BCUT2D eigenvalue weighted by Crippen LogP contribution is -2.49. The van der Waals surface area contributed by atoms with Gasteiger partial charge in [-0.2, -0.15) is 0 Å². The van der Waals surface area contributed by atoms with Crippen molar-refractivity contribution in [2.45, 2.75) is 6.42 Å². The molecule has 1 aliphatic heterocycles. The summed E-state index contributed by atoms with van der Waals surface area (Å²) < 4.78 is 0. The Balaban J connectivity index is 1.77. The molecule has 7 nitrogen and oxygen atoms in total. The van der Waals surface area contributed by atoms with E-state index < -0.39 is 11.9 Å². The zero-order chi connectivity index (χ0) is 16.8. The van der Waals surface area contributed by atoms with Gasteiger partial charge in [-0.3, -0.25) is 19.8 Å². The number of nitrogens with one attached hydrogen (secondary N) is 1. The Morgan fingerprint density at radius 1 is 1.09 bits per heavy atom. The molecule has 1 aromatic rings. The molecule has 1 fully saturated rings. The van der Waals surface area contributed by atoms with Gasteiger partial charge in [-0.1, -0.05) is 11.6 Å². The maximum Gasteiger partial charge on any atom is 0.318 e. The molecule has 3 N–H and O–H groups in total. The first kappa shape index (κ1) is 17.2. The summed E-state index contributed by atoms with van der Waals surface area (Å²) in [7, 11) is 0. The van der Waals surface area contributed by atoms with Crippen LogP contribution in [0.4, 0.5) is 4.79 Å². The molecule has 1 aliphatic rings. The van der Waals surface area contributed by atoms with Crippen molar-refractivity contribution in [3.63, 3.8) is 0 Å². The molecule has 0 spiro atoms. The molecule has 0 bridgehead atoms. The van der Waals surface area contributed by atoms with Crippen molar-refractivity contribution in [3.8, 4) is 0 Å². The second-order valence-electron chi connectivity index (χ2n) is 5.30. The van der Waals surface area contributed by atoms with E-state index in [4.69, 9.17) is 17.3 Å². The molecule has 23 heavy (non-hydrogen) atoms. The number of halogens is 1. The number of nitrogens with zero attached hydrogens (tertiary/aromatic N) is 2. The maximum absolute atomic E-state index is 12.4. The summed E-state index contributed by atoms with van der Waals surface area (Å²) in [6, 6.07) is 5.98.